The van der Waals surface area contributed by atoms with E-state index in [0.29, 0.717) is 18.9 Å². The van der Waals surface area contributed by atoms with Crippen LogP contribution in [0.3, 0.4) is 0 Å². The minimum Gasteiger partial charge on any atom is -0.497 e. The number of amides is 1. The lowest BCUT2D eigenvalue weighted by Gasteiger charge is -2.25. The molecule has 0 aliphatic heterocycles. The molecule has 2 N–H and O–H groups in total. The summed E-state index contributed by atoms with van der Waals surface area (Å²) in [7, 11) is 1.78. The molecule has 170 valence electrons. The molecule has 0 saturated carbocycles. The highest BCUT2D eigenvalue weighted by Crippen LogP contribution is 2.22. The minimum absolute atomic E-state index is 0.00711. The lowest BCUT2D eigenvalue weighted by atomic mass is 10.1. The monoisotopic (exact) mass is 449 g/mol. The molecule has 0 spiro atoms. The Bertz CT molecular complexity index is 946. The summed E-state index contributed by atoms with van der Waals surface area (Å²) in [6.45, 7) is 2.76. The summed E-state index contributed by atoms with van der Waals surface area (Å²) in [6, 6.07) is 13.8. The first-order valence-electron chi connectivity index (χ1n) is 10.1. The summed E-state index contributed by atoms with van der Waals surface area (Å²) in [5.41, 5.74) is 1.01. The highest BCUT2D eigenvalue weighted by molar-refractivity contribution is 7.89. The minimum atomic E-state index is -3.69. The number of nitrogens with one attached hydrogen (secondary N) is 2. The Hall–Kier alpha value is -2.62. The van der Waals surface area contributed by atoms with Crippen molar-refractivity contribution in [3.8, 4) is 11.5 Å². The van der Waals surface area contributed by atoms with E-state index in [1.165, 1.54) is 12.1 Å². The van der Waals surface area contributed by atoms with Crippen LogP contribution < -0.4 is 19.5 Å². The Morgan fingerprint density at radius 1 is 1.10 bits per heavy atom. The molecule has 2 aromatic carbocycles. The molecule has 0 aliphatic rings. The third-order valence-electron chi connectivity index (χ3n) is 4.68. The maximum absolute atomic E-state index is 12.4. The Morgan fingerprint density at radius 2 is 1.81 bits per heavy atom. The maximum atomic E-state index is 12.4. The van der Waals surface area contributed by atoms with E-state index in [4.69, 9.17) is 9.47 Å². The van der Waals surface area contributed by atoms with Crippen molar-refractivity contribution in [2.45, 2.75) is 24.3 Å². The van der Waals surface area contributed by atoms with Gasteiger partial charge in [0.05, 0.1) is 24.7 Å². The van der Waals surface area contributed by atoms with Gasteiger partial charge >= 0.3 is 0 Å². The van der Waals surface area contributed by atoms with E-state index in [0.717, 1.165) is 11.3 Å². The number of sulfonamides is 1. The lowest BCUT2D eigenvalue weighted by Crippen LogP contribution is -2.36. The molecule has 0 heterocycles. The van der Waals surface area contributed by atoms with Crippen LogP contribution in [0.2, 0.25) is 0 Å². The molecule has 8 nitrogen and oxygen atoms in total. The highest BCUT2D eigenvalue weighted by atomic mass is 32.2. The zero-order valence-corrected chi connectivity index (χ0v) is 19.2. The summed E-state index contributed by atoms with van der Waals surface area (Å²) in [4.78, 5) is 14.4. The molecule has 0 fully saturated rings. The fourth-order valence-corrected chi connectivity index (χ4v) is 4.04. The smallest absolute Gasteiger partial charge is 0.240 e. The summed E-state index contributed by atoms with van der Waals surface area (Å²) >= 11 is 0. The maximum Gasteiger partial charge on any atom is 0.240 e. The summed E-state index contributed by atoms with van der Waals surface area (Å²) in [5.74, 6) is 1.12. The first kappa shape index (κ1) is 24.6. The molecule has 0 saturated heterocycles. The first-order chi connectivity index (χ1) is 14.8. The number of nitrogens with zero attached hydrogens (tertiary/aromatic N) is 1. The van der Waals surface area contributed by atoms with Crippen molar-refractivity contribution < 1.29 is 22.7 Å². The zero-order chi connectivity index (χ0) is 22.9. The van der Waals surface area contributed by atoms with Crippen LogP contribution >= 0.6 is 0 Å². The van der Waals surface area contributed by atoms with Crippen molar-refractivity contribution in [2.75, 3.05) is 40.9 Å². The van der Waals surface area contributed by atoms with Crippen LogP contribution in [0.4, 0.5) is 0 Å². The number of methoxy groups -OCH3 is 1. The Labute approximate surface area is 184 Å². The van der Waals surface area contributed by atoms with Crippen molar-refractivity contribution >= 4 is 15.9 Å². The number of hydrogen-bond acceptors (Lipinski definition) is 6. The highest BCUT2D eigenvalue weighted by Gasteiger charge is 2.17. The van der Waals surface area contributed by atoms with E-state index >= 15 is 0 Å². The molecule has 2 rings (SSSR count). The number of rotatable bonds is 12. The van der Waals surface area contributed by atoms with Crippen LogP contribution in [-0.4, -0.2) is 60.1 Å². The third kappa shape index (κ3) is 7.54. The molecule has 1 atom stereocenters. The van der Waals surface area contributed by atoms with Gasteiger partial charge in [0.15, 0.2) is 0 Å². The average molecular weight is 450 g/mol. The first-order valence-corrected chi connectivity index (χ1v) is 11.5. The van der Waals surface area contributed by atoms with E-state index in [1.807, 2.05) is 50.2 Å². The normalized spacial score (nSPS) is 12.4. The van der Waals surface area contributed by atoms with Crippen molar-refractivity contribution in [1.29, 1.82) is 0 Å². The predicted molar refractivity (Wildman–Crippen MR) is 120 cm³/mol. The summed E-state index contributed by atoms with van der Waals surface area (Å²) in [5, 5.41) is 2.87. The molecular formula is C22H31N3O5S. The van der Waals surface area contributed by atoms with Crippen molar-refractivity contribution in [1.82, 2.24) is 14.9 Å². The van der Waals surface area contributed by atoms with Gasteiger partial charge in [0, 0.05) is 19.5 Å². The molecule has 1 unspecified atom stereocenters. The molecule has 0 aromatic heterocycles. The number of hydrogen-bond donors (Lipinski definition) is 2. The number of carbonyl (C=O) groups is 1. The van der Waals surface area contributed by atoms with Crippen LogP contribution in [0.1, 0.15) is 24.9 Å². The third-order valence-corrected chi connectivity index (χ3v) is 6.16. The number of benzene rings is 2. The molecule has 1 amide bonds. The van der Waals surface area contributed by atoms with Gasteiger partial charge < -0.3 is 19.7 Å². The molecule has 0 aliphatic carbocycles. The summed E-state index contributed by atoms with van der Waals surface area (Å²) in [6.07, 6.45) is 0.0362. The second-order valence-electron chi connectivity index (χ2n) is 7.11. The van der Waals surface area contributed by atoms with Crippen LogP contribution in [0.15, 0.2) is 53.4 Å². The number of ether oxygens (including phenoxy) is 2. The van der Waals surface area contributed by atoms with Gasteiger partial charge in [-0.1, -0.05) is 12.1 Å². The topological polar surface area (TPSA) is 97.0 Å². The van der Waals surface area contributed by atoms with Crippen LogP contribution in [-0.2, 0) is 14.8 Å². The van der Waals surface area contributed by atoms with Gasteiger partial charge in [-0.15, -0.1) is 0 Å². The summed E-state index contributed by atoms with van der Waals surface area (Å²) < 4.78 is 37.8. The van der Waals surface area contributed by atoms with Crippen LogP contribution in [0.25, 0.3) is 0 Å². The number of carbonyl (C=O) groups excluding carboxylic acids is 1. The molecule has 31 heavy (non-hydrogen) atoms. The van der Waals surface area contributed by atoms with Gasteiger partial charge in [-0.3, -0.25) is 4.79 Å². The second-order valence-corrected chi connectivity index (χ2v) is 8.88. The van der Waals surface area contributed by atoms with E-state index in [9.17, 15) is 13.2 Å². The Morgan fingerprint density at radius 3 is 2.42 bits per heavy atom. The largest absolute Gasteiger partial charge is 0.497 e. The van der Waals surface area contributed by atoms with Crippen LogP contribution in [0.5, 0.6) is 11.5 Å². The fourth-order valence-electron chi connectivity index (χ4n) is 3.01. The van der Waals surface area contributed by atoms with Gasteiger partial charge in [0.1, 0.15) is 11.5 Å². The van der Waals surface area contributed by atoms with Gasteiger partial charge in [0.25, 0.3) is 0 Å². The molecule has 2 aromatic rings. The molecule has 0 bridgehead atoms. The Balaban J connectivity index is 1.86. The zero-order valence-electron chi connectivity index (χ0n) is 18.4. The number of likely N-dealkylation sites (N-methyl/N-ethyl adjacent to an activating group) is 1. The second kappa shape index (κ2) is 11.7. The SMILES string of the molecule is CCOc1ccc(S(=O)(=O)NCCC(=O)NCC(c2cccc(OC)c2)N(C)C)cc1. The van der Waals surface area contributed by atoms with Crippen molar-refractivity contribution in [3.63, 3.8) is 0 Å². The average Bonchev–Trinajstić information content (AvgIpc) is 2.74. The molecular weight excluding hydrogens is 418 g/mol. The molecule has 9 heteroatoms. The van der Waals surface area contributed by atoms with E-state index in [1.54, 1.807) is 19.2 Å². The van der Waals surface area contributed by atoms with E-state index in [-0.39, 0.29) is 29.8 Å². The standard InChI is InChI=1S/C22H31N3O5S/c1-5-30-18-9-11-20(12-10-18)31(27,28)24-14-13-22(26)23-16-21(25(2)3)17-7-6-8-19(15-17)29-4/h6-12,15,21,24H,5,13-14,16H2,1-4H3,(H,23,26). The van der Waals surface area contributed by atoms with E-state index in [2.05, 4.69) is 10.0 Å². The van der Waals surface area contributed by atoms with Gasteiger partial charge in [-0.25, -0.2) is 13.1 Å². The lowest BCUT2D eigenvalue weighted by molar-refractivity contribution is -0.121. The van der Waals surface area contributed by atoms with E-state index < -0.39 is 10.0 Å². The van der Waals surface area contributed by atoms with Crippen molar-refractivity contribution in [2.24, 2.45) is 0 Å². The van der Waals surface area contributed by atoms with Gasteiger partial charge in [-0.05, 0) is 63.0 Å². The molecule has 0 radical (unpaired) electrons. The van der Waals surface area contributed by atoms with Gasteiger partial charge in [0.2, 0.25) is 15.9 Å². The van der Waals surface area contributed by atoms with Crippen molar-refractivity contribution in [3.05, 3.63) is 54.1 Å². The van der Waals surface area contributed by atoms with Crippen LogP contribution in [0, 0.1) is 0 Å². The quantitative estimate of drug-likeness (QED) is 0.516. The van der Waals surface area contributed by atoms with Gasteiger partial charge in [-0.2, -0.15) is 0 Å². The Kier molecular flexibility index (Phi) is 9.29. The predicted octanol–water partition coefficient (Wildman–Crippen LogP) is 2.18. The fraction of sp³-hybridized carbons (Fsp3) is 0.409.